The Kier molecular flexibility index (Phi) is 4.50. The molecular weight excluding hydrogens is 224 g/mol. The Hall–Kier alpha value is 0.350. The standard InChI is InChI=1S/C16H30S/c1-10(2)13-8-9-15(12(13)4)16(17)14-7-5-6-11(14)3/h10-17H,5-9H2,1-4H3/t11-,12?,13?,14+,15?,16?/m0/s1. The van der Waals surface area contributed by atoms with Crippen molar-refractivity contribution in [3.8, 4) is 0 Å². The normalized spacial score (nSPS) is 44.5. The monoisotopic (exact) mass is 254 g/mol. The van der Waals surface area contributed by atoms with E-state index in [2.05, 4.69) is 27.7 Å². The predicted molar refractivity (Wildman–Crippen MR) is 79.5 cm³/mol. The van der Waals surface area contributed by atoms with Gasteiger partial charge in [-0.25, -0.2) is 0 Å². The molecule has 4 unspecified atom stereocenters. The van der Waals surface area contributed by atoms with Crippen LogP contribution in [0.2, 0.25) is 0 Å². The van der Waals surface area contributed by atoms with Gasteiger partial charge in [-0.05, 0) is 54.8 Å². The van der Waals surface area contributed by atoms with Crippen molar-refractivity contribution in [3.05, 3.63) is 0 Å². The summed E-state index contributed by atoms with van der Waals surface area (Å²) >= 11 is 5.05. The maximum atomic E-state index is 5.05. The highest BCUT2D eigenvalue weighted by atomic mass is 32.1. The second kappa shape index (κ2) is 5.55. The van der Waals surface area contributed by atoms with E-state index < -0.39 is 0 Å². The van der Waals surface area contributed by atoms with Gasteiger partial charge in [-0.3, -0.25) is 0 Å². The molecule has 0 heterocycles. The highest BCUT2D eigenvalue weighted by molar-refractivity contribution is 7.81. The molecule has 0 saturated heterocycles. The molecular formula is C16H30S. The van der Waals surface area contributed by atoms with Crippen LogP contribution in [-0.4, -0.2) is 5.25 Å². The van der Waals surface area contributed by atoms with Crippen LogP contribution in [0.4, 0.5) is 0 Å². The lowest BCUT2D eigenvalue weighted by Gasteiger charge is -2.32. The van der Waals surface area contributed by atoms with E-state index in [1.807, 2.05) is 0 Å². The molecule has 17 heavy (non-hydrogen) atoms. The number of hydrogen-bond acceptors (Lipinski definition) is 1. The van der Waals surface area contributed by atoms with E-state index >= 15 is 0 Å². The van der Waals surface area contributed by atoms with E-state index in [-0.39, 0.29) is 0 Å². The van der Waals surface area contributed by atoms with Gasteiger partial charge in [-0.15, -0.1) is 0 Å². The molecule has 0 bridgehead atoms. The maximum Gasteiger partial charge on any atom is 0.00785 e. The lowest BCUT2D eigenvalue weighted by atomic mass is 9.78. The minimum atomic E-state index is 0.672. The molecule has 0 N–H and O–H groups in total. The first-order valence-electron chi connectivity index (χ1n) is 7.70. The molecule has 100 valence electrons. The summed E-state index contributed by atoms with van der Waals surface area (Å²) in [6.45, 7) is 9.73. The fourth-order valence-electron chi connectivity index (χ4n) is 4.65. The van der Waals surface area contributed by atoms with Crippen LogP contribution in [0.5, 0.6) is 0 Å². The van der Waals surface area contributed by atoms with Gasteiger partial charge < -0.3 is 0 Å². The SMILES string of the molecule is CC(C)C1CCC(C(S)[C@@H]2CCC[C@@H]2C)C1C. The van der Waals surface area contributed by atoms with Gasteiger partial charge in [0.15, 0.2) is 0 Å². The molecule has 0 amide bonds. The summed E-state index contributed by atoms with van der Waals surface area (Å²) in [5, 5.41) is 0.672. The maximum absolute atomic E-state index is 5.05. The Labute approximate surface area is 113 Å². The van der Waals surface area contributed by atoms with Crippen LogP contribution < -0.4 is 0 Å². The van der Waals surface area contributed by atoms with Gasteiger partial charge >= 0.3 is 0 Å². The molecule has 0 nitrogen and oxygen atoms in total. The van der Waals surface area contributed by atoms with Crippen LogP contribution >= 0.6 is 12.6 Å². The van der Waals surface area contributed by atoms with Crippen LogP contribution in [0.1, 0.15) is 59.8 Å². The van der Waals surface area contributed by atoms with Crippen molar-refractivity contribution in [1.82, 2.24) is 0 Å². The highest BCUT2D eigenvalue weighted by Crippen LogP contribution is 2.48. The Morgan fingerprint density at radius 1 is 0.882 bits per heavy atom. The molecule has 0 aliphatic heterocycles. The second-order valence-electron chi connectivity index (χ2n) is 7.07. The zero-order valence-electron chi connectivity index (χ0n) is 12.0. The third-order valence-corrected chi connectivity index (χ3v) is 6.61. The van der Waals surface area contributed by atoms with E-state index in [0.717, 1.165) is 35.5 Å². The molecule has 2 fully saturated rings. The van der Waals surface area contributed by atoms with Crippen LogP contribution in [0, 0.1) is 35.5 Å². The van der Waals surface area contributed by atoms with Gasteiger partial charge in [-0.2, -0.15) is 12.6 Å². The van der Waals surface area contributed by atoms with Crippen LogP contribution in [0.25, 0.3) is 0 Å². The van der Waals surface area contributed by atoms with Crippen LogP contribution in [0.3, 0.4) is 0 Å². The first-order valence-corrected chi connectivity index (χ1v) is 8.22. The van der Waals surface area contributed by atoms with Crippen molar-refractivity contribution < 1.29 is 0 Å². The lowest BCUT2D eigenvalue weighted by Crippen LogP contribution is -2.29. The quantitative estimate of drug-likeness (QED) is 0.670. The van der Waals surface area contributed by atoms with Gasteiger partial charge in [0.1, 0.15) is 0 Å². The fraction of sp³-hybridized carbons (Fsp3) is 1.00. The summed E-state index contributed by atoms with van der Waals surface area (Å²) in [7, 11) is 0. The summed E-state index contributed by atoms with van der Waals surface area (Å²) < 4.78 is 0. The second-order valence-corrected chi connectivity index (χ2v) is 7.67. The van der Waals surface area contributed by atoms with Crippen molar-refractivity contribution in [2.24, 2.45) is 35.5 Å². The number of rotatable bonds is 3. The average Bonchev–Trinajstić information content (AvgIpc) is 2.83. The Bertz CT molecular complexity index is 248. The van der Waals surface area contributed by atoms with Gasteiger partial charge in [0, 0.05) is 5.25 Å². The summed E-state index contributed by atoms with van der Waals surface area (Å²) in [5.41, 5.74) is 0. The van der Waals surface area contributed by atoms with Gasteiger partial charge in [-0.1, -0.05) is 40.5 Å². The lowest BCUT2D eigenvalue weighted by molar-refractivity contribution is 0.237. The van der Waals surface area contributed by atoms with Crippen molar-refractivity contribution in [1.29, 1.82) is 0 Å². The summed E-state index contributed by atoms with van der Waals surface area (Å²) in [5.74, 6) is 5.41. The van der Waals surface area contributed by atoms with Gasteiger partial charge in [0.25, 0.3) is 0 Å². The third-order valence-electron chi connectivity index (χ3n) is 5.85. The first kappa shape index (κ1) is 13.8. The van der Waals surface area contributed by atoms with Crippen molar-refractivity contribution in [2.75, 3.05) is 0 Å². The Balaban J connectivity index is 1.98. The topological polar surface area (TPSA) is 0 Å². The minimum absolute atomic E-state index is 0.672. The molecule has 1 heteroatoms. The number of hydrogen-bond donors (Lipinski definition) is 1. The zero-order valence-corrected chi connectivity index (χ0v) is 12.9. The minimum Gasteiger partial charge on any atom is -0.175 e. The largest absolute Gasteiger partial charge is 0.175 e. The van der Waals surface area contributed by atoms with Crippen molar-refractivity contribution >= 4 is 12.6 Å². The molecule has 2 aliphatic carbocycles. The zero-order chi connectivity index (χ0) is 12.6. The molecule has 0 spiro atoms. The molecule has 2 rings (SSSR count). The summed E-state index contributed by atoms with van der Waals surface area (Å²) in [6, 6.07) is 0. The van der Waals surface area contributed by atoms with E-state index in [4.69, 9.17) is 12.6 Å². The van der Waals surface area contributed by atoms with Gasteiger partial charge in [0.05, 0.1) is 0 Å². The van der Waals surface area contributed by atoms with E-state index in [1.165, 1.54) is 32.1 Å². The first-order chi connectivity index (χ1) is 8.02. The Morgan fingerprint density at radius 3 is 2.00 bits per heavy atom. The third kappa shape index (κ3) is 2.69. The fourth-order valence-corrected chi connectivity index (χ4v) is 5.51. The van der Waals surface area contributed by atoms with E-state index in [9.17, 15) is 0 Å². The summed E-state index contributed by atoms with van der Waals surface area (Å²) in [6.07, 6.45) is 7.20. The Morgan fingerprint density at radius 2 is 1.53 bits per heavy atom. The molecule has 0 aromatic carbocycles. The van der Waals surface area contributed by atoms with Gasteiger partial charge in [0.2, 0.25) is 0 Å². The predicted octanol–water partition coefficient (Wildman–Crippen LogP) is 5.04. The molecule has 2 aliphatic rings. The molecule has 0 radical (unpaired) electrons. The number of thiol groups is 1. The molecule has 6 atom stereocenters. The molecule has 2 saturated carbocycles. The smallest absolute Gasteiger partial charge is 0.00785 e. The van der Waals surface area contributed by atoms with Crippen LogP contribution in [0.15, 0.2) is 0 Å². The average molecular weight is 254 g/mol. The van der Waals surface area contributed by atoms with Crippen LogP contribution in [-0.2, 0) is 0 Å². The molecule has 0 aromatic heterocycles. The van der Waals surface area contributed by atoms with E-state index in [1.54, 1.807) is 0 Å². The highest BCUT2D eigenvalue weighted by Gasteiger charge is 2.41. The van der Waals surface area contributed by atoms with Crippen molar-refractivity contribution in [3.63, 3.8) is 0 Å². The molecule has 0 aromatic rings. The summed E-state index contributed by atoms with van der Waals surface area (Å²) in [4.78, 5) is 0. The van der Waals surface area contributed by atoms with E-state index in [0.29, 0.717) is 5.25 Å². The van der Waals surface area contributed by atoms with Crippen molar-refractivity contribution in [2.45, 2.75) is 65.0 Å².